The topological polar surface area (TPSA) is 61.8 Å². The number of rotatable bonds is 5. The standard InChI is InChI=1S/C22H33FN2O3/c1-4-5-19(26)24-21(3)10-13-28-22(20(21)27)8-11-25(12-9-22)15-17-6-7-18(23)16(2)14-17/h6-7,14,20,27H,4-5,8-13,15H2,1-3H3,(H,24,26)/t20-,21+/m1/s1. The Morgan fingerprint density at radius 2 is 2.07 bits per heavy atom. The molecular formula is C22H33FN2O3. The summed E-state index contributed by atoms with van der Waals surface area (Å²) in [6.07, 6.45) is 2.58. The van der Waals surface area contributed by atoms with Gasteiger partial charge in [0.2, 0.25) is 5.91 Å². The second-order valence-electron chi connectivity index (χ2n) is 8.64. The van der Waals surface area contributed by atoms with Crippen molar-refractivity contribution in [1.29, 1.82) is 0 Å². The number of aliphatic hydroxyl groups excluding tert-OH is 1. The summed E-state index contributed by atoms with van der Waals surface area (Å²) >= 11 is 0. The van der Waals surface area contributed by atoms with Crippen LogP contribution < -0.4 is 5.32 Å². The Morgan fingerprint density at radius 1 is 1.36 bits per heavy atom. The molecule has 5 nitrogen and oxygen atoms in total. The fourth-order valence-corrected chi connectivity index (χ4v) is 4.57. The predicted molar refractivity (Wildman–Crippen MR) is 106 cm³/mol. The average molecular weight is 393 g/mol. The number of likely N-dealkylation sites (tertiary alicyclic amines) is 1. The fraction of sp³-hybridized carbons (Fsp3) is 0.682. The second-order valence-corrected chi connectivity index (χ2v) is 8.64. The minimum absolute atomic E-state index is 0.00906. The molecule has 0 saturated carbocycles. The van der Waals surface area contributed by atoms with Crippen LogP contribution >= 0.6 is 0 Å². The van der Waals surface area contributed by atoms with Crippen LogP contribution in [0.2, 0.25) is 0 Å². The van der Waals surface area contributed by atoms with Crippen molar-refractivity contribution < 1.29 is 19.0 Å². The molecule has 0 aliphatic carbocycles. The number of nitrogens with one attached hydrogen (secondary N) is 1. The highest BCUT2D eigenvalue weighted by Crippen LogP contribution is 2.40. The van der Waals surface area contributed by atoms with Crippen molar-refractivity contribution in [3.8, 4) is 0 Å². The number of halogens is 1. The van der Waals surface area contributed by atoms with E-state index in [0.29, 0.717) is 37.9 Å². The molecule has 1 aromatic carbocycles. The first-order valence-corrected chi connectivity index (χ1v) is 10.4. The number of piperidine rings is 1. The second kappa shape index (κ2) is 8.47. The van der Waals surface area contributed by atoms with Crippen molar-refractivity contribution in [2.45, 2.75) is 76.7 Å². The van der Waals surface area contributed by atoms with Crippen LogP contribution in [0.15, 0.2) is 18.2 Å². The van der Waals surface area contributed by atoms with Gasteiger partial charge in [-0.25, -0.2) is 4.39 Å². The van der Waals surface area contributed by atoms with E-state index < -0.39 is 17.2 Å². The van der Waals surface area contributed by atoms with Gasteiger partial charge in [0.1, 0.15) is 11.9 Å². The molecule has 0 bridgehead atoms. The van der Waals surface area contributed by atoms with Crippen molar-refractivity contribution in [2.24, 2.45) is 0 Å². The molecule has 6 heteroatoms. The van der Waals surface area contributed by atoms with E-state index in [1.807, 2.05) is 26.0 Å². The van der Waals surface area contributed by atoms with E-state index in [1.165, 1.54) is 6.07 Å². The smallest absolute Gasteiger partial charge is 0.220 e. The lowest BCUT2D eigenvalue weighted by molar-refractivity contribution is -0.208. The van der Waals surface area contributed by atoms with Crippen LogP contribution in [0.4, 0.5) is 4.39 Å². The van der Waals surface area contributed by atoms with E-state index in [1.54, 1.807) is 6.92 Å². The molecule has 2 N–H and O–H groups in total. The van der Waals surface area contributed by atoms with Gasteiger partial charge in [-0.3, -0.25) is 9.69 Å². The van der Waals surface area contributed by atoms with Gasteiger partial charge in [0.15, 0.2) is 0 Å². The van der Waals surface area contributed by atoms with Crippen molar-refractivity contribution >= 4 is 5.91 Å². The van der Waals surface area contributed by atoms with Crippen LogP contribution in [0, 0.1) is 12.7 Å². The van der Waals surface area contributed by atoms with Gasteiger partial charge in [0.25, 0.3) is 0 Å². The molecule has 2 aliphatic rings. The Kier molecular flexibility index (Phi) is 6.42. The van der Waals surface area contributed by atoms with E-state index in [9.17, 15) is 14.3 Å². The maximum atomic E-state index is 13.5. The Balaban J connectivity index is 1.62. The zero-order valence-electron chi connectivity index (χ0n) is 17.3. The van der Waals surface area contributed by atoms with Crippen molar-refractivity contribution in [2.75, 3.05) is 19.7 Å². The van der Waals surface area contributed by atoms with Gasteiger partial charge in [-0.15, -0.1) is 0 Å². The number of hydrogen-bond acceptors (Lipinski definition) is 4. The highest BCUT2D eigenvalue weighted by Gasteiger charge is 2.53. The normalized spacial score (nSPS) is 27.7. The summed E-state index contributed by atoms with van der Waals surface area (Å²) < 4.78 is 19.6. The summed E-state index contributed by atoms with van der Waals surface area (Å²) in [5.74, 6) is -0.185. The molecule has 2 fully saturated rings. The Labute approximate surface area is 167 Å². The summed E-state index contributed by atoms with van der Waals surface area (Å²) in [6, 6.07) is 5.25. The molecule has 0 radical (unpaired) electrons. The van der Waals surface area contributed by atoms with Crippen LogP contribution in [0.1, 0.15) is 57.1 Å². The first kappa shape index (κ1) is 21.2. The summed E-state index contributed by atoms with van der Waals surface area (Å²) in [7, 11) is 0. The molecule has 2 saturated heterocycles. The third-order valence-corrected chi connectivity index (χ3v) is 6.35. The minimum Gasteiger partial charge on any atom is -0.388 e. The summed E-state index contributed by atoms with van der Waals surface area (Å²) in [5.41, 5.74) is 0.495. The van der Waals surface area contributed by atoms with Gasteiger partial charge < -0.3 is 15.2 Å². The van der Waals surface area contributed by atoms with Crippen LogP contribution in [0.5, 0.6) is 0 Å². The van der Waals surface area contributed by atoms with Crippen LogP contribution in [-0.4, -0.2) is 52.9 Å². The number of ether oxygens (including phenoxy) is 1. The van der Waals surface area contributed by atoms with Gasteiger partial charge in [0, 0.05) is 32.7 Å². The average Bonchev–Trinajstić information content (AvgIpc) is 2.65. The number of hydrogen-bond donors (Lipinski definition) is 2. The van der Waals surface area contributed by atoms with E-state index >= 15 is 0 Å². The zero-order chi connectivity index (χ0) is 20.4. The fourth-order valence-electron chi connectivity index (χ4n) is 4.57. The summed E-state index contributed by atoms with van der Waals surface area (Å²) in [6.45, 7) is 8.59. The van der Waals surface area contributed by atoms with E-state index in [0.717, 1.165) is 31.6 Å². The number of benzene rings is 1. The summed E-state index contributed by atoms with van der Waals surface area (Å²) in [4.78, 5) is 14.5. The Morgan fingerprint density at radius 3 is 2.71 bits per heavy atom. The maximum absolute atomic E-state index is 13.5. The lowest BCUT2D eigenvalue weighted by Gasteiger charge is -2.53. The van der Waals surface area contributed by atoms with E-state index in [-0.39, 0.29) is 11.7 Å². The van der Waals surface area contributed by atoms with Gasteiger partial charge in [-0.2, -0.15) is 0 Å². The van der Waals surface area contributed by atoms with Crippen molar-refractivity contribution in [3.05, 3.63) is 35.1 Å². The molecule has 2 heterocycles. The van der Waals surface area contributed by atoms with E-state index in [2.05, 4.69) is 10.2 Å². The van der Waals surface area contributed by atoms with Gasteiger partial charge >= 0.3 is 0 Å². The molecule has 0 aromatic heterocycles. The van der Waals surface area contributed by atoms with E-state index in [4.69, 9.17) is 4.74 Å². The lowest BCUT2D eigenvalue weighted by atomic mass is 9.73. The quantitative estimate of drug-likeness (QED) is 0.809. The number of aliphatic hydroxyl groups is 1. The molecule has 1 spiro atoms. The van der Waals surface area contributed by atoms with Gasteiger partial charge in [-0.05, 0) is 56.7 Å². The molecule has 156 valence electrons. The van der Waals surface area contributed by atoms with Crippen molar-refractivity contribution in [3.63, 3.8) is 0 Å². The Hall–Kier alpha value is -1.50. The summed E-state index contributed by atoms with van der Waals surface area (Å²) in [5, 5.41) is 14.2. The number of carbonyl (C=O) groups is 1. The SMILES string of the molecule is CCCC(=O)N[C@@]1(C)CCOC2(CCN(Cc3ccc(F)c(C)c3)CC2)[C@@H]1O. The van der Waals surface area contributed by atoms with Gasteiger partial charge in [-0.1, -0.05) is 19.1 Å². The largest absolute Gasteiger partial charge is 0.388 e. The third-order valence-electron chi connectivity index (χ3n) is 6.35. The van der Waals surface area contributed by atoms with Crippen LogP contribution in [0.3, 0.4) is 0 Å². The first-order valence-electron chi connectivity index (χ1n) is 10.4. The molecule has 3 rings (SSSR count). The lowest BCUT2D eigenvalue weighted by Crippen LogP contribution is -2.69. The van der Waals surface area contributed by atoms with Crippen LogP contribution in [0.25, 0.3) is 0 Å². The highest BCUT2D eigenvalue weighted by molar-refractivity contribution is 5.76. The zero-order valence-corrected chi connectivity index (χ0v) is 17.3. The number of aryl methyl sites for hydroxylation is 1. The van der Waals surface area contributed by atoms with Gasteiger partial charge in [0.05, 0.1) is 11.1 Å². The third kappa shape index (κ3) is 4.39. The number of nitrogens with zero attached hydrogens (tertiary/aromatic N) is 1. The molecule has 1 amide bonds. The molecule has 2 atom stereocenters. The first-order chi connectivity index (χ1) is 13.3. The maximum Gasteiger partial charge on any atom is 0.220 e. The number of carbonyl (C=O) groups excluding carboxylic acids is 1. The molecular weight excluding hydrogens is 359 g/mol. The monoisotopic (exact) mass is 392 g/mol. The molecule has 2 aliphatic heterocycles. The molecule has 1 aromatic rings. The van der Waals surface area contributed by atoms with Crippen LogP contribution in [-0.2, 0) is 16.1 Å². The number of amides is 1. The molecule has 0 unspecified atom stereocenters. The van der Waals surface area contributed by atoms with Crippen molar-refractivity contribution in [1.82, 2.24) is 10.2 Å². The predicted octanol–water partition coefficient (Wildman–Crippen LogP) is 2.92. The Bertz CT molecular complexity index is 703. The molecule has 28 heavy (non-hydrogen) atoms. The minimum atomic E-state index is -0.732. The highest BCUT2D eigenvalue weighted by atomic mass is 19.1.